The van der Waals surface area contributed by atoms with Crippen molar-refractivity contribution in [1.82, 2.24) is 0 Å². The molecule has 10 heteroatoms. The Bertz CT molecular complexity index is 508. The van der Waals surface area contributed by atoms with Crippen LogP contribution in [0.1, 0.15) is 110 Å². The Balaban J connectivity index is 0. The van der Waals surface area contributed by atoms with Crippen molar-refractivity contribution in [2.75, 3.05) is 13.2 Å². The number of rotatable bonds is 22. The first kappa shape index (κ1) is 35.4. The van der Waals surface area contributed by atoms with Crippen LogP contribution in [0.5, 0.6) is 0 Å². The summed E-state index contributed by atoms with van der Waals surface area (Å²) in [5.41, 5.74) is 0. The van der Waals surface area contributed by atoms with Crippen molar-refractivity contribution in [1.29, 1.82) is 0 Å². The van der Waals surface area contributed by atoms with Crippen LogP contribution in [0.15, 0.2) is 0 Å². The number of hydrogen-bond donors (Lipinski definition) is 6. The van der Waals surface area contributed by atoms with E-state index in [9.17, 15) is 14.4 Å². The van der Waals surface area contributed by atoms with Gasteiger partial charge in [0.1, 0.15) is 12.7 Å². The highest BCUT2D eigenvalue weighted by atomic mass is 16.5. The van der Waals surface area contributed by atoms with Crippen molar-refractivity contribution in [3.05, 3.63) is 0 Å². The van der Waals surface area contributed by atoms with Crippen LogP contribution in [0.4, 0.5) is 0 Å². The zero-order valence-electron chi connectivity index (χ0n) is 21.3. The summed E-state index contributed by atoms with van der Waals surface area (Å²) >= 11 is 0. The van der Waals surface area contributed by atoms with E-state index < -0.39 is 30.3 Å². The minimum Gasteiger partial charge on any atom is -0.479 e. The molecule has 0 saturated heterocycles. The Hall–Kier alpha value is -1.75. The molecular weight excluding hydrogens is 460 g/mol. The lowest BCUT2D eigenvalue weighted by atomic mass is 10.0. The van der Waals surface area contributed by atoms with Crippen molar-refractivity contribution in [3.63, 3.8) is 0 Å². The molecule has 10 nitrogen and oxygen atoms in total. The maximum absolute atomic E-state index is 11.4. The van der Waals surface area contributed by atoms with E-state index in [0.29, 0.717) is 6.42 Å². The largest absolute Gasteiger partial charge is 0.479 e. The lowest BCUT2D eigenvalue weighted by Gasteiger charge is -2.08. The van der Waals surface area contributed by atoms with Crippen molar-refractivity contribution >= 4 is 17.9 Å². The summed E-state index contributed by atoms with van der Waals surface area (Å²) in [7, 11) is 0. The van der Waals surface area contributed by atoms with Gasteiger partial charge in [0.25, 0.3) is 0 Å². The molecule has 6 N–H and O–H groups in total. The summed E-state index contributed by atoms with van der Waals surface area (Å²) in [5, 5.41) is 50.2. The standard InChI is InChI=1S/C21H42O4.C4H6O6/c1-2-3-4-5-6-7-8-9-10-11-12-13-14-15-16-17-21(24)25-19-20(23)18-22;5-1(3(7)8)2(6)4(9)10/h20,22-23H,2-19H2,1H3;1-2,5-6H,(H,7,8)(H,9,10). The molecule has 0 aliphatic carbocycles. The molecule has 0 aromatic carbocycles. The second kappa shape index (κ2) is 25.3. The number of ether oxygens (including phenoxy) is 1. The number of aliphatic hydroxyl groups excluding tert-OH is 4. The quantitative estimate of drug-likeness (QED) is 0.0939. The second-order valence-electron chi connectivity index (χ2n) is 8.79. The van der Waals surface area contributed by atoms with Gasteiger partial charge in [-0.05, 0) is 6.42 Å². The second-order valence-corrected chi connectivity index (χ2v) is 8.79. The molecule has 0 spiro atoms. The fraction of sp³-hybridized carbons (Fsp3) is 0.880. The SMILES string of the molecule is CCCCCCCCCCCCCCCCCC(=O)OCC(O)CO.O=C(O)C(O)C(O)C(=O)O. The molecule has 0 aromatic heterocycles. The van der Waals surface area contributed by atoms with Gasteiger partial charge in [-0.25, -0.2) is 9.59 Å². The van der Waals surface area contributed by atoms with Gasteiger partial charge in [-0.15, -0.1) is 0 Å². The van der Waals surface area contributed by atoms with Gasteiger partial charge in [-0.3, -0.25) is 4.79 Å². The van der Waals surface area contributed by atoms with Crippen LogP contribution in [0.3, 0.4) is 0 Å². The molecular formula is C25H48O10. The highest BCUT2D eigenvalue weighted by Gasteiger charge is 2.29. The van der Waals surface area contributed by atoms with E-state index >= 15 is 0 Å². The molecule has 0 saturated carbocycles. The molecule has 208 valence electrons. The van der Waals surface area contributed by atoms with Gasteiger partial charge in [-0.1, -0.05) is 96.8 Å². The number of aliphatic hydroxyl groups is 4. The zero-order chi connectivity index (χ0) is 26.9. The van der Waals surface area contributed by atoms with E-state index in [2.05, 4.69) is 6.92 Å². The van der Waals surface area contributed by atoms with Crippen molar-refractivity contribution in [3.8, 4) is 0 Å². The topological polar surface area (TPSA) is 182 Å². The number of hydrogen-bond acceptors (Lipinski definition) is 8. The first-order valence-corrected chi connectivity index (χ1v) is 12.9. The molecule has 0 bridgehead atoms. The average Bonchev–Trinajstić information content (AvgIpc) is 2.84. The van der Waals surface area contributed by atoms with E-state index in [0.717, 1.165) is 12.8 Å². The van der Waals surface area contributed by atoms with Crippen molar-refractivity contribution in [2.24, 2.45) is 0 Å². The predicted octanol–water partition coefficient (Wildman–Crippen LogP) is 3.02. The lowest BCUT2D eigenvalue weighted by molar-refractivity contribution is -0.165. The number of carboxylic acids is 2. The van der Waals surface area contributed by atoms with Crippen LogP contribution in [-0.4, -0.2) is 80.1 Å². The molecule has 0 amide bonds. The molecule has 0 aromatic rings. The van der Waals surface area contributed by atoms with Crippen LogP contribution in [0, 0.1) is 0 Å². The Morgan fingerprint density at radius 3 is 1.29 bits per heavy atom. The summed E-state index contributed by atoms with van der Waals surface area (Å²) in [6.45, 7) is 1.79. The summed E-state index contributed by atoms with van der Waals surface area (Å²) in [6, 6.07) is 0. The number of carbonyl (C=O) groups is 3. The third-order valence-electron chi connectivity index (χ3n) is 5.44. The average molecular weight is 509 g/mol. The fourth-order valence-corrected chi connectivity index (χ4v) is 3.22. The van der Waals surface area contributed by atoms with Crippen LogP contribution >= 0.6 is 0 Å². The predicted molar refractivity (Wildman–Crippen MR) is 131 cm³/mol. The first-order valence-electron chi connectivity index (χ1n) is 12.9. The molecule has 0 radical (unpaired) electrons. The third kappa shape index (κ3) is 25.2. The normalized spacial score (nSPS) is 13.3. The van der Waals surface area contributed by atoms with Gasteiger partial charge in [0.05, 0.1) is 6.61 Å². The Kier molecular flexibility index (Phi) is 25.6. The lowest BCUT2D eigenvalue weighted by Crippen LogP contribution is -2.39. The summed E-state index contributed by atoms with van der Waals surface area (Å²) in [6.07, 6.45) is 14.5. The van der Waals surface area contributed by atoms with Gasteiger partial charge < -0.3 is 35.4 Å². The van der Waals surface area contributed by atoms with E-state index in [1.54, 1.807) is 0 Å². The minimum absolute atomic E-state index is 0.103. The number of esters is 1. The molecule has 3 unspecified atom stereocenters. The molecule has 0 aliphatic rings. The van der Waals surface area contributed by atoms with Gasteiger partial charge in [0.2, 0.25) is 0 Å². The third-order valence-corrected chi connectivity index (χ3v) is 5.44. The number of carboxylic acid groups (broad SMARTS) is 2. The molecule has 35 heavy (non-hydrogen) atoms. The van der Waals surface area contributed by atoms with E-state index in [1.165, 1.54) is 83.5 Å². The summed E-state index contributed by atoms with van der Waals surface area (Å²) < 4.78 is 4.86. The molecule has 3 atom stereocenters. The maximum atomic E-state index is 11.4. The Morgan fingerprint density at radius 1 is 0.629 bits per heavy atom. The van der Waals surface area contributed by atoms with Crippen LogP contribution in [0.2, 0.25) is 0 Å². The number of aliphatic carboxylic acids is 2. The Labute approximate surface area is 209 Å². The molecule has 0 heterocycles. The van der Waals surface area contributed by atoms with Gasteiger partial charge in [0.15, 0.2) is 12.2 Å². The molecule has 0 aliphatic heterocycles. The van der Waals surface area contributed by atoms with Crippen LogP contribution in [-0.2, 0) is 19.1 Å². The summed E-state index contributed by atoms with van der Waals surface area (Å²) in [4.78, 5) is 30.9. The highest BCUT2D eigenvalue weighted by Crippen LogP contribution is 2.13. The van der Waals surface area contributed by atoms with Crippen molar-refractivity contribution in [2.45, 2.75) is 128 Å². The summed E-state index contributed by atoms with van der Waals surface area (Å²) in [5.74, 6) is -3.81. The van der Waals surface area contributed by atoms with E-state index in [4.69, 9.17) is 35.4 Å². The first-order chi connectivity index (χ1) is 16.7. The van der Waals surface area contributed by atoms with E-state index in [1.807, 2.05) is 0 Å². The van der Waals surface area contributed by atoms with Gasteiger partial charge in [0, 0.05) is 6.42 Å². The smallest absolute Gasteiger partial charge is 0.335 e. The van der Waals surface area contributed by atoms with Crippen molar-refractivity contribution < 1.29 is 49.8 Å². The van der Waals surface area contributed by atoms with Crippen LogP contribution < -0.4 is 0 Å². The Morgan fingerprint density at radius 2 is 0.971 bits per heavy atom. The highest BCUT2D eigenvalue weighted by molar-refractivity contribution is 5.83. The van der Waals surface area contributed by atoms with Gasteiger partial charge in [-0.2, -0.15) is 0 Å². The molecule has 0 rings (SSSR count). The number of unbranched alkanes of at least 4 members (excludes halogenated alkanes) is 14. The van der Waals surface area contributed by atoms with Crippen LogP contribution in [0.25, 0.3) is 0 Å². The molecule has 0 fully saturated rings. The monoisotopic (exact) mass is 508 g/mol. The van der Waals surface area contributed by atoms with E-state index in [-0.39, 0.29) is 19.2 Å². The number of carbonyl (C=O) groups excluding carboxylic acids is 1. The maximum Gasteiger partial charge on any atom is 0.335 e. The zero-order valence-corrected chi connectivity index (χ0v) is 21.3. The fourth-order valence-electron chi connectivity index (χ4n) is 3.22. The van der Waals surface area contributed by atoms with Gasteiger partial charge >= 0.3 is 17.9 Å². The minimum atomic E-state index is -2.27.